The summed E-state index contributed by atoms with van der Waals surface area (Å²) in [5.41, 5.74) is 0. The third kappa shape index (κ3) is 3.06. The van der Waals surface area contributed by atoms with Gasteiger partial charge in [-0.1, -0.05) is 12.2 Å². The smallest absolute Gasteiger partial charge is 0.236 e. The average molecular weight is 223 g/mol. The van der Waals surface area contributed by atoms with Crippen molar-refractivity contribution in [1.29, 1.82) is 0 Å². The van der Waals surface area contributed by atoms with E-state index in [0.29, 0.717) is 12.6 Å². The monoisotopic (exact) mass is 223 g/mol. The maximum absolute atomic E-state index is 11.9. The van der Waals surface area contributed by atoms with E-state index < -0.39 is 0 Å². The van der Waals surface area contributed by atoms with Gasteiger partial charge in [0.05, 0.1) is 6.54 Å². The van der Waals surface area contributed by atoms with E-state index in [1.807, 2.05) is 4.90 Å². The van der Waals surface area contributed by atoms with Gasteiger partial charge in [-0.25, -0.2) is 0 Å². The van der Waals surface area contributed by atoms with Gasteiger partial charge in [-0.15, -0.1) is 0 Å². The minimum Gasteiger partial charge on any atom is -0.339 e. The van der Waals surface area contributed by atoms with Crippen molar-refractivity contribution < 1.29 is 4.79 Å². The fraction of sp³-hybridized carbons (Fsp3) is 0.750. The van der Waals surface area contributed by atoms with E-state index in [2.05, 4.69) is 29.4 Å². The Bertz CT molecular complexity index is 261. The first-order valence-electron chi connectivity index (χ1n) is 6.10. The molecule has 0 atom stereocenters. The van der Waals surface area contributed by atoms with Crippen molar-refractivity contribution in [3.63, 3.8) is 0 Å². The maximum atomic E-state index is 11.9. The third-order valence-corrected chi connectivity index (χ3v) is 3.41. The molecular weight excluding hydrogens is 202 g/mol. The first kappa shape index (κ1) is 11.6. The summed E-state index contributed by atoms with van der Waals surface area (Å²) in [6.07, 6.45) is 6.49. The summed E-state index contributed by atoms with van der Waals surface area (Å²) in [4.78, 5) is 16.1. The second-order valence-electron chi connectivity index (χ2n) is 4.70. The molecule has 1 N–H and O–H groups in total. The Morgan fingerprint density at radius 2 is 1.88 bits per heavy atom. The van der Waals surface area contributed by atoms with Gasteiger partial charge in [-0.05, 0) is 19.9 Å². The van der Waals surface area contributed by atoms with Crippen LogP contribution in [0.1, 0.15) is 12.8 Å². The highest BCUT2D eigenvalue weighted by molar-refractivity contribution is 5.78. The quantitative estimate of drug-likeness (QED) is 0.688. The SMILES string of the molecule is CN1CCN(C(=O)CNC2CC=CC2)CC1. The molecule has 0 aromatic heterocycles. The largest absolute Gasteiger partial charge is 0.339 e. The molecule has 1 fully saturated rings. The van der Waals surface area contributed by atoms with Crippen molar-refractivity contribution in [2.45, 2.75) is 18.9 Å². The Balaban J connectivity index is 1.67. The van der Waals surface area contributed by atoms with Crippen LogP contribution in [-0.4, -0.2) is 61.5 Å². The zero-order valence-corrected chi connectivity index (χ0v) is 9.98. The lowest BCUT2D eigenvalue weighted by Crippen LogP contribution is -2.50. The Labute approximate surface area is 97.3 Å². The van der Waals surface area contributed by atoms with E-state index in [9.17, 15) is 4.79 Å². The summed E-state index contributed by atoms with van der Waals surface area (Å²) in [5, 5.41) is 3.32. The van der Waals surface area contributed by atoms with Gasteiger partial charge >= 0.3 is 0 Å². The molecule has 1 heterocycles. The van der Waals surface area contributed by atoms with Gasteiger partial charge in [0.25, 0.3) is 0 Å². The van der Waals surface area contributed by atoms with Crippen LogP contribution in [0.3, 0.4) is 0 Å². The molecule has 16 heavy (non-hydrogen) atoms. The van der Waals surface area contributed by atoms with Crippen molar-refractivity contribution in [3.05, 3.63) is 12.2 Å². The molecule has 0 spiro atoms. The van der Waals surface area contributed by atoms with E-state index in [1.54, 1.807) is 0 Å². The number of nitrogens with zero attached hydrogens (tertiary/aromatic N) is 2. The predicted octanol–water partition coefficient (Wildman–Crippen LogP) is 0.0686. The minimum atomic E-state index is 0.250. The molecule has 2 rings (SSSR count). The highest BCUT2D eigenvalue weighted by atomic mass is 16.2. The zero-order chi connectivity index (χ0) is 11.4. The third-order valence-electron chi connectivity index (χ3n) is 3.41. The second kappa shape index (κ2) is 5.46. The first-order valence-corrected chi connectivity index (χ1v) is 6.10. The number of nitrogens with one attached hydrogen (secondary N) is 1. The van der Waals surface area contributed by atoms with Crippen molar-refractivity contribution in [1.82, 2.24) is 15.1 Å². The molecule has 0 aromatic carbocycles. The summed E-state index contributed by atoms with van der Waals surface area (Å²) < 4.78 is 0. The summed E-state index contributed by atoms with van der Waals surface area (Å²) in [6.45, 7) is 4.24. The number of hydrogen-bond acceptors (Lipinski definition) is 3. The van der Waals surface area contributed by atoms with E-state index in [-0.39, 0.29) is 5.91 Å². The number of hydrogen-bond donors (Lipinski definition) is 1. The van der Waals surface area contributed by atoms with Gasteiger partial charge < -0.3 is 15.1 Å². The van der Waals surface area contributed by atoms with Gasteiger partial charge in [-0.2, -0.15) is 0 Å². The zero-order valence-electron chi connectivity index (χ0n) is 9.98. The highest BCUT2D eigenvalue weighted by Crippen LogP contribution is 2.08. The molecule has 2 aliphatic rings. The number of piperazine rings is 1. The van der Waals surface area contributed by atoms with Crippen LogP contribution in [-0.2, 0) is 4.79 Å². The lowest BCUT2D eigenvalue weighted by Gasteiger charge is -2.32. The molecule has 90 valence electrons. The molecule has 0 aromatic rings. The van der Waals surface area contributed by atoms with Gasteiger partial charge in [0.2, 0.25) is 5.91 Å². The molecule has 0 saturated carbocycles. The van der Waals surface area contributed by atoms with Crippen LogP contribution < -0.4 is 5.32 Å². The summed E-state index contributed by atoms with van der Waals surface area (Å²) in [6, 6.07) is 0.483. The standard InChI is InChI=1S/C12H21N3O/c1-14-6-8-15(9-7-14)12(16)10-13-11-4-2-3-5-11/h2-3,11,13H,4-10H2,1H3. The molecule has 1 amide bonds. The van der Waals surface area contributed by atoms with Crippen LogP contribution >= 0.6 is 0 Å². The lowest BCUT2D eigenvalue weighted by molar-refractivity contribution is -0.131. The Morgan fingerprint density at radius 1 is 1.25 bits per heavy atom. The van der Waals surface area contributed by atoms with Crippen molar-refractivity contribution in [2.75, 3.05) is 39.8 Å². The summed E-state index contributed by atoms with van der Waals surface area (Å²) in [7, 11) is 2.10. The summed E-state index contributed by atoms with van der Waals surface area (Å²) in [5.74, 6) is 0.250. The highest BCUT2D eigenvalue weighted by Gasteiger charge is 2.19. The second-order valence-corrected chi connectivity index (χ2v) is 4.70. The maximum Gasteiger partial charge on any atom is 0.236 e. The van der Waals surface area contributed by atoms with Crippen LogP contribution in [0.2, 0.25) is 0 Å². The summed E-state index contributed by atoms with van der Waals surface area (Å²) >= 11 is 0. The Hall–Kier alpha value is -0.870. The van der Waals surface area contributed by atoms with Crippen LogP contribution in [0.15, 0.2) is 12.2 Å². The van der Waals surface area contributed by atoms with E-state index in [0.717, 1.165) is 39.0 Å². The van der Waals surface area contributed by atoms with Crippen molar-refractivity contribution in [2.24, 2.45) is 0 Å². The normalized spacial score (nSPS) is 22.9. The molecule has 1 aliphatic carbocycles. The topological polar surface area (TPSA) is 35.6 Å². The number of likely N-dealkylation sites (N-methyl/N-ethyl adjacent to an activating group) is 1. The number of carbonyl (C=O) groups excluding carboxylic acids is 1. The first-order chi connectivity index (χ1) is 7.75. The minimum absolute atomic E-state index is 0.250. The number of carbonyl (C=O) groups is 1. The van der Waals surface area contributed by atoms with Crippen molar-refractivity contribution in [3.8, 4) is 0 Å². The van der Waals surface area contributed by atoms with Gasteiger partial charge in [-0.3, -0.25) is 4.79 Å². The molecule has 4 heteroatoms. The van der Waals surface area contributed by atoms with Gasteiger partial charge in [0.1, 0.15) is 0 Å². The fourth-order valence-corrected chi connectivity index (χ4v) is 2.18. The fourth-order valence-electron chi connectivity index (χ4n) is 2.18. The van der Waals surface area contributed by atoms with Crippen LogP contribution in [0, 0.1) is 0 Å². The van der Waals surface area contributed by atoms with E-state index in [1.165, 1.54) is 0 Å². The van der Waals surface area contributed by atoms with E-state index in [4.69, 9.17) is 0 Å². The van der Waals surface area contributed by atoms with Crippen molar-refractivity contribution >= 4 is 5.91 Å². The number of amides is 1. The van der Waals surface area contributed by atoms with Gasteiger partial charge in [0.15, 0.2) is 0 Å². The predicted molar refractivity (Wildman–Crippen MR) is 64.2 cm³/mol. The molecule has 4 nitrogen and oxygen atoms in total. The Kier molecular flexibility index (Phi) is 3.96. The van der Waals surface area contributed by atoms with Crippen LogP contribution in [0.5, 0.6) is 0 Å². The Morgan fingerprint density at radius 3 is 2.50 bits per heavy atom. The van der Waals surface area contributed by atoms with E-state index >= 15 is 0 Å². The molecule has 0 bridgehead atoms. The lowest BCUT2D eigenvalue weighted by atomic mass is 10.2. The number of rotatable bonds is 3. The molecular formula is C12H21N3O. The van der Waals surface area contributed by atoms with Crippen LogP contribution in [0.25, 0.3) is 0 Å². The molecule has 0 unspecified atom stereocenters. The molecule has 1 aliphatic heterocycles. The van der Waals surface area contributed by atoms with Crippen LogP contribution in [0.4, 0.5) is 0 Å². The average Bonchev–Trinajstić information content (AvgIpc) is 2.80. The molecule has 0 radical (unpaired) electrons. The molecule has 1 saturated heterocycles. The van der Waals surface area contributed by atoms with Gasteiger partial charge in [0, 0.05) is 32.2 Å².